The van der Waals surface area contributed by atoms with Crippen LogP contribution in [0.2, 0.25) is 0 Å². The first-order valence-corrected chi connectivity index (χ1v) is 12.0. The fourth-order valence-electron chi connectivity index (χ4n) is 3.18. The number of esters is 1. The average molecular weight is 470 g/mol. The zero-order chi connectivity index (χ0) is 21.4. The molecular weight excluding hydrogens is 454 g/mol. The van der Waals surface area contributed by atoms with Crippen LogP contribution in [-0.4, -0.2) is 30.1 Å². The smallest absolute Gasteiger partial charge is 0.339 e. The molecule has 5 aromatic rings. The topological polar surface area (TPSA) is 91.4 Å². The summed E-state index contributed by atoms with van der Waals surface area (Å²) in [7, 11) is 1.65. The number of aromatic nitrogens is 5. The van der Waals surface area contributed by atoms with Gasteiger partial charge in [-0.15, -0.1) is 44.6 Å². The zero-order valence-electron chi connectivity index (χ0n) is 16.2. The van der Waals surface area contributed by atoms with Gasteiger partial charge in [0.15, 0.2) is 12.4 Å². The fraction of sp³-hybridized carbons (Fsp3) is 0.150. The molecule has 5 rings (SSSR count). The van der Waals surface area contributed by atoms with Gasteiger partial charge in [0.05, 0.1) is 22.3 Å². The van der Waals surface area contributed by atoms with Crippen LogP contribution >= 0.6 is 34.4 Å². The Morgan fingerprint density at radius 1 is 1.23 bits per heavy atom. The minimum atomic E-state index is -0.440. The summed E-state index contributed by atoms with van der Waals surface area (Å²) in [5.74, 6) is 1.09. The Kier molecular flexibility index (Phi) is 5.30. The Labute approximate surface area is 188 Å². The van der Waals surface area contributed by atoms with Crippen LogP contribution in [0.5, 0.6) is 0 Å². The number of fused-ring (bicyclic) bond motifs is 3. The first-order chi connectivity index (χ1) is 15.1. The van der Waals surface area contributed by atoms with Crippen molar-refractivity contribution >= 4 is 56.4 Å². The highest BCUT2D eigenvalue weighted by Crippen LogP contribution is 2.27. The van der Waals surface area contributed by atoms with E-state index in [0.29, 0.717) is 33.1 Å². The maximum atomic E-state index is 12.8. The molecule has 0 aliphatic carbocycles. The Morgan fingerprint density at radius 2 is 2.10 bits per heavy atom. The lowest BCUT2D eigenvalue weighted by Crippen LogP contribution is -2.19. The third-order valence-electron chi connectivity index (χ3n) is 4.70. The van der Waals surface area contributed by atoms with E-state index in [1.807, 2.05) is 29.0 Å². The number of thioether (sulfide) groups is 1. The van der Waals surface area contributed by atoms with Gasteiger partial charge in [-0.05, 0) is 23.6 Å². The fourth-order valence-corrected chi connectivity index (χ4v) is 5.63. The molecule has 0 atom stereocenters. The first kappa shape index (κ1) is 19.9. The Hall–Kier alpha value is -3.02. The van der Waals surface area contributed by atoms with E-state index < -0.39 is 5.97 Å². The number of nitrogens with zero attached hydrogens (tertiary/aromatic N) is 5. The number of aryl methyl sites for hydroxylation is 1. The van der Waals surface area contributed by atoms with Crippen molar-refractivity contribution in [3.8, 4) is 0 Å². The highest BCUT2D eigenvalue weighted by molar-refractivity contribution is 7.98. The number of carbonyl (C=O) groups is 1. The molecule has 0 N–H and O–H groups in total. The van der Waals surface area contributed by atoms with Crippen LogP contribution < -0.4 is 5.56 Å². The van der Waals surface area contributed by atoms with Crippen molar-refractivity contribution in [1.82, 2.24) is 24.1 Å². The van der Waals surface area contributed by atoms with E-state index in [-0.39, 0.29) is 12.2 Å². The SMILES string of the molecule is Cn1c(=O)c2sccc2n2c(COC(=O)c3ccccc3SCc3cscn3)nnc12. The first-order valence-electron chi connectivity index (χ1n) is 9.19. The Bertz CT molecular complexity index is 1450. The van der Waals surface area contributed by atoms with Crippen LogP contribution in [0.3, 0.4) is 0 Å². The largest absolute Gasteiger partial charge is 0.454 e. The Balaban J connectivity index is 1.39. The van der Waals surface area contributed by atoms with Crippen molar-refractivity contribution < 1.29 is 9.53 Å². The van der Waals surface area contributed by atoms with E-state index in [2.05, 4.69) is 15.2 Å². The maximum Gasteiger partial charge on any atom is 0.339 e. The van der Waals surface area contributed by atoms with Crippen molar-refractivity contribution in [2.24, 2.45) is 7.05 Å². The molecule has 1 aromatic carbocycles. The number of carbonyl (C=O) groups excluding carboxylic acids is 1. The van der Waals surface area contributed by atoms with Crippen molar-refractivity contribution in [3.63, 3.8) is 0 Å². The van der Waals surface area contributed by atoms with Gasteiger partial charge in [-0.1, -0.05) is 12.1 Å². The van der Waals surface area contributed by atoms with Crippen molar-refractivity contribution in [2.75, 3.05) is 0 Å². The molecule has 31 heavy (non-hydrogen) atoms. The molecule has 11 heteroatoms. The van der Waals surface area contributed by atoms with Crippen LogP contribution in [0.4, 0.5) is 0 Å². The molecule has 0 spiro atoms. The van der Waals surface area contributed by atoms with E-state index in [9.17, 15) is 9.59 Å². The molecule has 0 saturated heterocycles. The molecule has 156 valence electrons. The lowest BCUT2D eigenvalue weighted by atomic mass is 10.2. The summed E-state index contributed by atoms with van der Waals surface area (Å²) in [6, 6.07) is 9.17. The quantitative estimate of drug-likeness (QED) is 0.276. The van der Waals surface area contributed by atoms with Crippen LogP contribution in [0.15, 0.2) is 56.3 Å². The van der Waals surface area contributed by atoms with E-state index >= 15 is 0 Å². The molecule has 0 unspecified atom stereocenters. The van der Waals surface area contributed by atoms with E-state index in [4.69, 9.17) is 4.74 Å². The van der Waals surface area contributed by atoms with Gasteiger partial charge in [0, 0.05) is 23.1 Å². The molecular formula is C20H15N5O3S3. The number of ether oxygens (including phenoxy) is 1. The number of rotatable bonds is 6. The molecule has 0 radical (unpaired) electrons. The second-order valence-corrected chi connectivity index (χ2v) is 9.24. The summed E-state index contributed by atoms with van der Waals surface area (Å²) < 4.78 is 9.38. The lowest BCUT2D eigenvalue weighted by Gasteiger charge is -2.09. The third-order valence-corrected chi connectivity index (χ3v) is 7.33. The predicted octanol–water partition coefficient (Wildman–Crippen LogP) is 3.75. The van der Waals surface area contributed by atoms with Gasteiger partial charge in [0.25, 0.3) is 5.56 Å². The van der Waals surface area contributed by atoms with Gasteiger partial charge in [0.1, 0.15) is 4.70 Å². The monoisotopic (exact) mass is 469 g/mol. The highest BCUT2D eigenvalue weighted by Gasteiger charge is 2.18. The van der Waals surface area contributed by atoms with E-state index in [1.165, 1.54) is 27.7 Å². The van der Waals surface area contributed by atoms with Gasteiger partial charge < -0.3 is 4.74 Å². The van der Waals surface area contributed by atoms with Crippen molar-refractivity contribution in [1.29, 1.82) is 0 Å². The van der Waals surface area contributed by atoms with Gasteiger partial charge in [-0.25, -0.2) is 9.78 Å². The lowest BCUT2D eigenvalue weighted by molar-refractivity contribution is 0.0457. The molecule has 0 bridgehead atoms. The normalized spacial score (nSPS) is 11.4. The van der Waals surface area contributed by atoms with Gasteiger partial charge in [-0.2, -0.15) is 0 Å². The molecule has 4 heterocycles. The van der Waals surface area contributed by atoms with Crippen molar-refractivity contribution in [3.05, 3.63) is 74.0 Å². The molecule has 0 fully saturated rings. The molecule has 8 nitrogen and oxygen atoms in total. The molecule has 0 aliphatic heterocycles. The number of thiophene rings is 1. The maximum absolute atomic E-state index is 12.8. The van der Waals surface area contributed by atoms with Gasteiger partial charge in [0.2, 0.25) is 5.78 Å². The van der Waals surface area contributed by atoms with Crippen LogP contribution in [0.25, 0.3) is 16.0 Å². The van der Waals surface area contributed by atoms with E-state index in [0.717, 1.165) is 10.6 Å². The molecule has 0 aliphatic rings. The summed E-state index contributed by atoms with van der Waals surface area (Å²) in [5.41, 5.74) is 3.83. The number of hydrogen-bond acceptors (Lipinski definition) is 9. The second-order valence-electron chi connectivity index (χ2n) is 6.59. The molecule has 0 amide bonds. The predicted molar refractivity (Wildman–Crippen MR) is 121 cm³/mol. The number of hydrogen-bond donors (Lipinski definition) is 0. The zero-order valence-corrected chi connectivity index (χ0v) is 18.7. The highest BCUT2D eigenvalue weighted by atomic mass is 32.2. The van der Waals surface area contributed by atoms with Crippen LogP contribution in [0.1, 0.15) is 21.9 Å². The summed E-state index contributed by atoms with van der Waals surface area (Å²) in [5, 5.41) is 12.1. The summed E-state index contributed by atoms with van der Waals surface area (Å²) in [6.45, 7) is -0.0613. The standard InChI is InChI=1S/C20H15N5O3S3/c1-24-18(26)17-14(6-7-30-17)25-16(22-23-20(24)25)8-28-19(27)13-4-2-3-5-15(13)31-10-12-9-29-11-21-12/h2-7,9,11H,8,10H2,1H3. The number of benzene rings is 1. The summed E-state index contributed by atoms with van der Waals surface area (Å²) in [6.07, 6.45) is 0. The van der Waals surface area contributed by atoms with Gasteiger partial charge in [-0.3, -0.25) is 13.8 Å². The van der Waals surface area contributed by atoms with Crippen LogP contribution in [-0.2, 0) is 24.1 Å². The summed E-state index contributed by atoms with van der Waals surface area (Å²) >= 11 is 4.44. The summed E-state index contributed by atoms with van der Waals surface area (Å²) in [4.78, 5) is 30.4. The average Bonchev–Trinajstić information content (AvgIpc) is 3.55. The van der Waals surface area contributed by atoms with Crippen LogP contribution in [0, 0.1) is 0 Å². The second kappa shape index (κ2) is 8.25. The minimum Gasteiger partial charge on any atom is -0.454 e. The molecule has 4 aromatic heterocycles. The van der Waals surface area contributed by atoms with Gasteiger partial charge >= 0.3 is 5.97 Å². The third kappa shape index (κ3) is 3.64. The Morgan fingerprint density at radius 3 is 2.94 bits per heavy atom. The number of thiazole rings is 1. The minimum absolute atomic E-state index is 0.0613. The van der Waals surface area contributed by atoms with E-state index in [1.54, 1.807) is 40.4 Å². The molecule has 0 saturated carbocycles. The van der Waals surface area contributed by atoms with Crippen molar-refractivity contribution in [2.45, 2.75) is 17.3 Å².